The van der Waals surface area contributed by atoms with E-state index >= 15 is 0 Å². The van der Waals surface area contributed by atoms with Crippen molar-refractivity contribution >= 4 is 37.5 Å². The lowest BCUT2D eigenvalue weighted by Gasteiger charge is -2.22. The minimum Gasteiger partial charge on any atom is -0.371 e. The van der Waals surface area contributed by atoms with Crippen LogP contribution in [0.4, 0.5) is 5.69 Å². The van der Waals surface area contributed by atoms with Crippen molar-refractivity contribution in [3.05, 3.63) is 28.2 Å². The Labute approximate surface area is 120 Å². The van der Waals surface area contributed by atoms with Crippen LogP contribution in [0.3, 0.4) is 0 Å². The van der Waals surface area contributed by atoms with Gasteiger partial charge in [0, 0.05) is 28.6 Å². The third-order valence-corrected chi connectivity index (χ3v) is 5.35. The van der Waals surface area contributed by atoms with Crippen LogP contribution in [0.1, 0.15) is 24.8 Å². The van der Waals surface area contributed by atoms with Gasteiger partial charge in [-0.15, -0.1) is 0 Å². The van der Waals surface area contributed by atoms with Crippen LogP contribution in [0.25, 0.3) is 0 Å². The molecule has 0 bridgehead atoms. The fourth-order valence-electron chi connectivity index (χ4n) is 3.40. The predicted molar refractivity (Wildman–Crippen MR) is 79.8 cm³/mol. The lowest BCUT2D eigenvalue weighted by atomic mass is 10.0. The van der Waals surface area contributed by atoms with Crippen molar-refractivity contribution in [1.82, 2.24) is 0 Å². The fourth-order valence-corrected chi connectivity index (χ4v) is 4.26. The molecule has 2 unspecified atom stereocenters. The van der Waals surface area contributed by atoms with Gasteiger partial charge in [-0.25, -0.2) is 0 Å². The van der Waals surface area contributed by atoms with E-state index in [0.29, 0.717) is 0 Å². The van der Waals surface area contributed by atoms with Crippen LogP contribution in [-0.4, -0.2) is 13.1 Å². The van der Waals surface area contributed by atoms with Crippen LogP contribution in [-0.2, 0) is 5.33 Å². The maximum atomic E-state index is 3.60. The zero-order chi connectivity index (χ0) is 11.8. The summed E-state index contributed by atoms with van der Waals surface area (Å²) in [6.45, 7) is 2.54. The standard InChI is InChI=1S/C14H17Br2N/c15-7-12-6-13(16)4-5-14(12)17-8-10-2-1-3-11(10)9-17/h4-6,10-11H,1-3,7-9H2. The van der Waals surface area contributed by atoms with Crippen molar-refractivity contribution < 1.29 is 0 Å². The van der Waals surface area contributed by atoms with Gasteiger partial charge in [-0.2, -0.15) is 0 Å². The number of anilines is 1. The Balaban J connectivity index is 1.85. The molecule has 0 aromatic heterocycles. The molecule has 3 heteroatoms. The van der Waals surface area contributed by atoms with Crippen LogP contribution in [0.5, 0.6) is 0 Å². The molecule has 1 saturated carbocycles. The fraction of sp³-hybridized carbons (Fsp3) is 0.571. The lowest BCUT2D eigenvalue weighted by molar-refractivity contribution is 0.494. The highest BCUT2D eigenvalue weighted by molar-refractivity contribution is 9.10. The Morgan fingerprint density at radius 1 is 1.18 bits per heavy atom. The summed E-state index contributed by atoms with van der Waals surface area (Å²) in [7, 11) is 0. The van der Waals surface area contributed by atoms with E-state index in [1.807, 2.05) is 0 Å². The first-order valence-corrected chi connectivity index (χ1v) is 8.28. The molecule has 0 spiro atoms. The van der Waals surface area contributed by atoms with E-state index in [1.165, 1.54) is 48.1 Å². The molecule has 1 aromatic carbocycles. The number of benzene rings is 1. The largest absolute Gasteiger partial charge is 0.371 e. The van der Waals surface area contributed by atoms with E-state index in [4.69, 9.17) is 0 Å². The predicted octanol–water partition coefficient (Wildman–Crippen LogP) is 4.58. The highest BCUT2D eigenvalue weighted by Crippen LogP contribution is 2.40. The number of alkyl halides is 1. The summed E-state index contributed by atoms with van der Waals surface area (Å²) in [4.78, 5) is 2.59. The molecule has 1 aliphatic heterocycles. The van der Waals surface area contributed by atoms with Gasteiger partial charge in [0.25, 0.3) is 0 Å². The van der Waals surface area contributed by atoms with Crippen molar-refractivity contribution in [2.75, 3.05) is 18.0 Å². The summed E-state index contributed by atoms with van der Waals surface area (Å²) in [5.74, 6) is 1.92. The summed E-state index contributed by atoms with van der Waals surface area (Å²) in [5, 5.41) is 0.938. The van der Waals surface area contributed by atoms with E-state index < -0.39 is 0 Å². The summed E-state index contributed by atoms with van der Waals surface area (Å²) in [5.41, 5.74) is 2.83. The maximum absolute atomic E-state index is 3.60. The smallest absolute Gasteiger partial charge is 0.0408 e. The van der Waals surface area contributed by atoms with E-state index in [2.05, 4.69) is 55.0 Å². The second kappa shape index (κ2) is 4.93. The highest BCUT2D eigenvalue weighted by Gasteiger charge is 2.36. The van der Waals surface area contributed by atoms with Gasteiger partial charge in [0.1, 0.15) is 0 Å². The third kappa shape index (κ3) is 2.28. The van der Waals surface area contributed by atoms with Crippen LogP contribution in [0, 0.1) is 11.8 Å². The zero-order valence-corrected chi connectivity index (χ0v) is 13.0. The monoisotopic (exact) mass is 357 g/mol. The van der Waals surface area contributed by atoms with E-state index in [9.17, 15) is 0 Å². The van der Waals surface area contributed by atoms with Crippen LogP contribution in [0.15, 0.2) is 22.7 Å². The molecule has 0 radical (unpaired) electrons. The van der Waals surface area contributed by atoms with Gasteiger partial charge >= 0.3 is 0 Å². The number of rotatable bonds is 2. The normalized spacial score (nSPS) is 27.5. The van der Waals surface area contributed by atoms with Gasteiger partial charge in [-0.3, -0.25) is 0 Å². The molecule has 17 heavy (non-hydrogen) atoms. The minimum atomic E-state index is 0.938. The van der Waals surface area contributed by atoms with Crippen molar-refractivity contribution in [3.63, 3.8) is 0 Å². The Morgan fingerprint density at radius 2 is 1.88 bits per heavy atom. The molecule has 2 atom stereocenters. The summed E-state index contributed by atoms with van der Waals surface area (Å²) < 4.78 is 1.18. The SMILES string of the molecule is BrCc1cc(Br)ccc1N1CC2CCCC2C1. The molecule has 1 aliphatic carbocycles. The van der Waals surface area contributed by atoms with Crippen LogP contribution in [0.2, 0.25) is 0 Å². The van der Waals surface area contributed by atoms with Crippen LogP contribution >= 0.6 is 31.9 Å². The van der Waals surface area contributed by atoms with Crippen LogP contribution < -0.4 is 4.90 Å². The average molecular weight is 359 g/mol. The van der Waals surface area contributed by atoms with Gasteiger partial charge in [-0.1, -0.05) is 38.3 Å². The molecular weight excluding hydrogens is 342 g/mol. The second-order valence-corrected chi connectivity index (χ2v) is 6.74. The molecular formula is C14H17Br2N. The van der Waals surface area contributed by atoms with Crippen molar-refractivity contribution in [2.45, 2.75) is 24.6 Å². The first-order valence-electron chi connectivity index (χ1n) is 6.37. The zero-order valence-electron chi connectivity index (χ0n) is 9.83. The molecule has 92 valence electrons. The molecule has 1 saturated heterocycles. The molecule has 1 nitrogen and oxygen atoms in total. The molecule has 2 aliphatic rings. The topological polar surface area (TPSA) is 3.24 Å². The Morgan fingerprint density at radius 3 is 2.53 bits per heavy atom. The summed E-state index contributed by atoms with van der Waals surface area (Å²) in [6.07, 6.45) is 4.34. The molecule has 1 aromatic rings. The minimum absolute atomic E-state index is 0.938. The quantitative estimate of drug-likeness (QED) is 0.699. The van der Waals surface area contributed by atoms with Gasteiger partial charge in [0.15, 0.2) is 0 Å². The summed E-state index contributed by atoms with van der Waals surface area (Å²) in [6, 6.07) is 6.66. The summed E-state index contributed by atoms with van der Waals surface area (Å²) >= 11 is 7.16. The maximum Gasteiger partial charge on any atom is 0.0408 e. The van der Waals surface area contributed by atoms with E-state index in [0.717, 1.165) is 17.2 Å². The Kier molecular flexibility index (Phi) is 3.49. The number of halogens is 2. The molecule has 2 fully saturated rings. The van der Waals surface area contributed by atoms with Crippen molar-refractivity contribution in [1.29, 1.82) is 0 Å². The lowest BCUT2D eigenvalue weighted by Crippen LogP contribution is -2.21. The van der Waals surface area contributed by atoms with Gasteiger partial charge in [0.2, 0.25) is 0 Å². The first-order chi connectivity index (χ1) is 8.28. The van der Waals surface area contributed by atoms with Gasteiger partial charge in [-0.05, 0) is 48.4 Å². The Bertz CT molecular complexity index is 407. The average Bonchev–Trinajstić information content (AvgIpc) is 2.89. The van der Waals surface area contributed by atoms with Crippen molar-refractivity contribution in [3.8, 4) is 0 Å². The molecule has 0 N–H and O–H groups in total. The van der Waals surface area contributed by atoms with Gasteiger partial charge in [0.05, 0.1) is 0 Å². The Hall–Kier alpha value is -0.0200. The molecule has 0 amide bonds. The number of hydrogen-bond acceptors (Lipinski definition) is 1. The number of fused-ring (bicyclic) bond motifs is 1. The second-order valence-electron chi connectivity index (χ2n) is 5.26. The molecule has 3 rings (SSSR count). The van der Waals surface area contributed by atoms with E-state index in [1.54, 1.807) is 0 Å². The van der Waals surface area contributed by atoms with Gasteiger partial charge < -0.3 is 4.90 Å². The third-order valence-electron chi connectivity index (χ3n) is 4.25. The first kappa shape index (κ1) is 12.0. The van der Waals surface area contributed by atoms with Crippen molar-refractivity contribution in [2.24, 2.45) is 11.8 Å². The highest BCUT2D eigenvalue weighted by atomic mass is 79.9. The number of nitrogens with zero attached hydrogens (tertiary/aromatic N) is 1. The van der Waals surface area contributed by atoms with E-state index in [-0.39, 0.29) is 0 Å². The number of hydrogen-bond donors (Lipinski definition) is 0. The molecule has 1 heterocycles.